The van der Waals surface area contributed by atoms with Crippen LogP contribution < -0.4 is 4.90 Å². The molecule has 9 heteroatoms. The molecule has 1 heterocycles. The molecule has 1 aliphatic heterocycles. The van der Waals surface area contributed by atoms with Crippen molar-refractivity contribution in [2.75, 3.05) is 25.0 Å². The molecule has 0 atom stereocenters. The van der Waals surface area contributed by atoms with Crippen LogP contribution in [0.15, 0.2) is 83.8 Å². The van der Waals surface area contributed by atoms with Gasteiger partial charge in [-0.25, -0.2) is 8.42 Å². The number of benzene rings is 3. The van der Waals surface area contributed by atoms with Gasteiger partial charge in [0.2, 0.25) is 10.0 Å². The highest BCUT2D eigenvalue weighted by Crippen LogP contribution is 2.33. The predicted molar refractivity (Wildman–Crippen MR) is 135 cm³/mol. The molecule has 0 spiro atoms. The number of nitro benzene ring substituents is 1. The molecule has 1 saturated heterocycles. The van der Waals surface area contributed by atoms with Crippen LogP contribution in [0.4, 0.5) is 17.1 Å². The summed E-state index contributed by atoms with van der Waals surface area (Å²) < 4.78 is 26.7. The van der Waals surface area contributed by atoms with Crippen molar-refractivity contribution in [3.05, 3.63) is 100 Å². The van der Waals surface area contributed by atoms with Crippen LogP contribution in [0.5, 0.6) is 0 Å². The fourth-order valence-corrected chi connectivity index (χ4v) is 5.52. The Kier molecular flexibility index (Phi) is 7.09. The SMILES string of the molecule is CN(c1ccccc1)c1ccc(C=CC(=O)c2ccc(S(=O)(=O)N3CCCC3)cc2)cc1[N+](=O)[O-]. The Labute approximate surface area is 204 Å². The minimum absolute atomic E-state index is 0.0811. The van der Waals surface area contributed by atoms with E-state index >= 15 is 0 Å². The van der Waals surface area contributed by atoms with Gasteiger partial charge in [-0.3, -0.25) is 14.9 Å². The Morgan fingerprint density at radius 2 is 1.66 bits per heavy atom. The number of carbonyl (C=O) groups excluding carboxylic acids is 1. The minimum atomic E-state index is -3.54. The van der Waals surface area contributed by atoms with Crippen molar-refractivity contribution in [2.24, 2.45) is 0 Å². The number of hydrogen-bond acceptors (Lipinski definition) is 6. The Morgan fingerprint density at radius 1 is 1.00 bits per heavy atom. The van der Waals surface area contributed by atoms with Gasteiger partial charge >= 0.3 is 0 Å². The van der Waals surface area contributed by atoms with E-state index in [9.17, 15) is 23.3 Å². The van der Waals surface area contributed by atoms with Gasteiger partial charge < -0.3 is 4.90 Å². The van der Waals surface area contributed by atoms with Crippen LogP contribution in [-0.2, 0) is 10.0 Å². The predicted octanol–water partition coefficient (Wildman–Crippen LogP) is 5.04. The topological polar surface area (TPSA) is 101 Å². The lowest BCUT2D eigenvalue weighted by atomic mass is 10.1. The van der Waals surface area contributed by atoms with E-state index in [0.717, 1.165) is 18.5 Å². The van der Waals surface area contributed by atoms with Gasteiger partial charge in [0, 0.05) is 37.5 Å². The highest BCUT2D eigenvalue weighted by Gasteiger charge is 2.27. The monoisotopic (exact) mass is 491 g/mol. The third-order valence-corrected chi connectivity index (χ3v) is 7.88. The van der Waals surface area contributed by atoms with E-state index in [1.807, 2.05) is 30.3 Å². The largest absolute Gasteiger partial charge is 0.339 e. The molecule has 0 amide bonds. The van der Waals surface area contributed by atoms with Crippen molar-refractivity contribution in [1.29, 1.82) is 0 Å². The van der Waals surface area contributed by atoms with Crippen molar-refractivity contribution in [3.8, 4) is 0 Å². The number of para-hydroxylation sites is 1. The second-order valence-corrected chi connectivity index (χ2v) is 10.2. The average molecular weight is 492 g/mol. The standard InChI is InChI=1S/C26H25N3O5S/c1-27(22-7-3-2-4-8-22)24-15-9-20(19-25(24)29(31)32)10-16-26(30)21-11-13-23(14-12-21)35(33,34)28-17-5-6-18-28/h2-4,7-16,19H,5-6,17-18H2,1H3. The molecule has 0 N–H and O–H groups in total. The van der Waals surface area contributed by atoms with Gasteiger partial charge in [0.15, 0.2) is 5.78 Å². The molecular formula is C26H25N3O5S. The summed E-state index contributed by atoms with van der Waals surface area (Å²) in [7, 11) is -1.79. The third kappa shape index (κ3) is 5.31. The molecule has 180 valence electrons. The molecule has 0 aliphatic carbocycles. The molecule has 0 bridgehead atoms. The highest BCUT2D eigenvalue weighted by molar-refractivity contribution is 7.89. The first-order chi connectivity index (χ1) is 16.8. The van der Waals surface area contributed by atoms with Gasteiger partial charge in [0.25, 0.3) is 5.69 Å². The van der Waals surface area contributed by atoms with Crippen LogP contribution in [-0.4, -0.2) is 43.6 Å². The molecule has 1 fully saturated rings. The van der Waals surface area contributed by atoms with Gasteiger partial charge in [-0.1, -0.05) is 30.3 Å². The van der Waals surface area contributed by atoms with Crippen LogP contribution in [0.2, 0.25) is 0 Å². The van der Waals surface area contributed by atoms with Gasteiger partial charge in [-0.05, 0) is 66.9 Å². The number of nitrogens with zero attached hydrogens (tertiary/aromatic N) is 3. The lowest BCUT2D eigenvalue weighted by Gasteiger charge is -2.19. The summed E-state index contributed by atoms with van der Waals surface area (Å²) >= 11 is 0. The first-order valence-corrected chi connectivity index (χ1v) is 12.6. The second kappa shape index (κ2) is 10.2. The maximum Gasteiger partial charge on any atom is 0.293 e. The molecule has 3 aromatic rings. The van der Waals surface area contributed by atoms with E-state index in [-0.39, 0.29) is 16.4 Å². The van der Waals surface area contributed by atoms with Crippen molar-refractivity contribution in [2.45, 2.75) is 17.7 Å². The van der Waals surface area contributed by atoms with Crippen LogP contribution in [0.1, 0.15) is 28.8 Å². The molecule has 8 nitrogen and oxygen atoms in total. The number of ketones is 1. The first-order valence-electron chi connectivity index (χ1n) is 11.2. The van der Waals surface area contributed by atoms with Crippen LogP contribution in [0.3, 0.4) is 0 Å². The van der Waals surface area contributed by atoms with Crippen molar-refractivity contribution < 1.29 is 18.1 Å². The normalized spacial score (nSPS) is 14.3. The van der Waals surface area contributed by atoms with E-state index in [0.29, 0.717) is 29.9 Å². The first kappa shape index (κ1) is 24.3. The van der Waals surface area contributed by atoms with E-state index in [4.69, 9.17) is 0 Å². The van der Waals surface area contributed by atoms with E-state index in [1.165, 1.54) is 46.8 Å². The summed E-state index contributed by atoms with van der Waals surface area (Å²) in [6.07, 6.45) is 4.53. The number of hydrogen-bond donors (Lipinski definition) is 0. The van der Waals surface area contributed by atoms with Crippen LogP contribution in [0.25, 0.3) is 6.08 Å². The van der Waals surface area contributed by atoms with E-state index < -0.39 is 14.9 Å². The Balaban J connectivity index is 1.52. The molecule has 3 aromatic carbocycles. The van der Waals surface area contributed by atoms with Gasteiger partial charge in [-0.2, -0.15) is 4.31 Å². The zero-order valence-electron chi connectivity index (χ0n) is 19.2. The number of nitro groups is 1. The zero-order valence-corrected chi connectivity index (χ0v) is 20.0. The fourth-order valence-electron chi connectivity index (χ4n) is 4.00. The molecule has 1 aliphatic rings. The molecule has 0 unspecified atom stereocenters. The molecule has 0 radical (unpaired) electrons. The molecule has 4 rings (SSSR count). The Bertz CT molecular complexity index is 1360. The summed E-state index contributed by atoms with van der Waals surface area (Å²) in [4.78, 5) is 25.8. The highest BCUT2D eigenvalue weighted by atomic mass is 32.2. The van der Waals surface area contributed by atoms with Gasteiger partial charge in [0.05, 0.1) is 9.82 Å². The number of anilines is 2. The number of rotatable bonds is 8. The maximum absolute atomic E-state index is 12.6. The Morgan fingerprint density at radius 3 is 2.29 bits per heavy atom. The summed E-state index contributed by atoms with van der Waals surface area (Å²) in [5.74, 6) is -0.330. The third-order valence-electron chi connectivity index (χ3n) is 5.97. The zero-order chi connectivity index (χ0) is 25.0. The number of sulfonamides is 1. The lowest BCUT2D eigenvalue weighted by molar-refractivity contribution is -0.384. The van der Waals surface area contributed by atoms with E-state index in [1.54, 1.807) is 24.1 Å². The molecule has 0 saturated carbocycles. The van der Waals surface area contributed by atoms with Crippen LogP contribution >= 0.6 is 0 Å². The number of allylic oxidation sites excluding steroid dienone is 1. The molecule has 35 heavy (non-hydrogen) atoms. The maximum atomic E-state index is 12.6. The van der Waals surface area contributed by atoms with Gasteiger partial charge in [0.1, 0.15) is 5.69 Å². The number of carbonyl (C=O) groups is 1. The quantitative estimate of drug-likeness (QED) is 0.189. The lowest BCUT2D eigenvalue weighted by Crippen LogP contribution is -2.27. The Hall–Kier alpha value is -3.82. The van der Waals surface area contributed by atoms with E-state index in [2.05, 4.69) is 0 Å². The summed E-state index contributed by atoms with van der Waals surface area (Å²) in [6.45, 7) is 1.02. The second-order valence-electron chi connectivity index (χ2n) is 8.23. The minimum Gasteiger partial charge on any atom is -0.339 e. The molecular weight excluding hydrogens is 466 g/mol. The average Bonchev–Trinajstić information content (AvgIpc) is 3.43. The summed E-state index contributed by atoms with van der Waals surface area (Å²) in [6, 6.07) is 19.9. The van der Waals surface area contributed by atoms with Crippen molar-refractivity contribution in [1.82, 2.24) is 4.31 Å². The van der Waals surface area contributed by atoms with Crippen molar-refractivity contribution in [3.63, 3.8) is 0 Å². The summed E-state index contributed by atoms with van der Waals surface area (Å²) in [5.41, 5.74) is 1.99. The van der Waals surface area contributed by atoms with Crippen LogP contribution in [0, 0.1) is 10.1 Å². The van der Waals surface area contributed by atoms with Crippen molar-refractivity contribution >= 4 is 38.9 Å². The fraction of sp³-hybridized carbons (Fsp3) is 0.192. The van der Waals surface area contributed by atoms with Gasteiger partial charge in [-0.15, -0.1) is 0 Å². The smallest absolute Gasteiger partial charge is 0.293 e. The summed E-state index contributed by atoms with van der Waals surface area (Å²) in [5, 5.41) is 11.7. The molecule has 0 aromatic heterocycles.